The molecule has 0 radical (unpaired) electrons. The molecule has 1 aliphatic rings. The summed E-state index contributed by atoms with van der Waals surface area (Å²) in [4.78, 5) is 2.12. The number of ether oxygens (including phenoxy) is 1. The average molecular weight is 298 g/mol. The standard InChI is InChI=1S/C14H22N2O3S/c1-12(11-19-2)15-13-4-3-5-14(10-13)16-6-8-20(17,18)9-7-16/h3-5,10,12,15H,6-9,11H2,1-2H3/t12-/m0/s1. The van der Waals surface area contributed by atoms with Crippen molar-refractivity contribution in [1.82, 2.24) is 0 Å². The van der Waals surface area contributed by atoms with Crippen LogP contribution < -0.4 is 10.2 Å². The first-order valence-corrected chi connectivity index (χ1v) is 8.63. The third-order valence-electron chi connectivity index (χ3n) is 3.39. The summed E-state index contributed by atoms with van der Waals surface area (Å²) in [6.45, 7) is 3.84. The molecule has 0 amide bonds. The van der Waals surface area contributed by atoms with E-state index in [1.54, 1.807) is 7.11 Å². The van der Waals surface area contributed by atoms with Gasteiger partial charge in [0.25, 0.3) is 0 Å². The summed E-state index contributed by atoms with van der Waals surface area (Å²) >= 11 is 0. The highest BCUT2D eigenvalue weighted by molar-refractivity contribution is 7.91. The monoisotopic (exact) mass is 298 g/mol. The Morgan fingerprint density at radius 1 is 1.35 bits per heavy atom. The summed E-state index contributed by atoms with van der Waals surface area (Å²) in [7, 11) is -1.15. The molecule has 0 bridgehead atoms. The number of nitrogens with one attached hydrogen (secondary N) is 1. The van der Waals surface area contributed by atoms with Crippen LogP contribution in [0.15, 0.2) is 24.3 Å². The van der Waals surface area contributed by atoms with Gasteiger partial charge >= 0.3 is 0 Å². The maximum absolute atomic E-state index is 11.5. The minimum Gasteiger partial charge on any atom is -0.383 e. The number of methoxy groups -OCH3 is 1. The molecular weight excluding hydrogens is 276 g/mol. The number of nitrogens with zero attached hydrogens (tertiary/aromatic N) is 1. The predicted molar refractivity (Wildman–Crippen MR) is 82.3 cm³/mol. The molecule has 0 saturated carbocycles. The van der Waals surface area contributed by atoms with Gasteiger partial charge in [0.05, 0.1) is 18.1 Å². The second kappa shape index (κ2) is 6.45. The van der Waals surface area contributed by atoms with E-state index in [-0.39, 0.29) is 17.5 Å². The lowest BCUT2D eigenvalue weighted by molar-refractivity contribution is 0.190. The molecule has 1 fully saturated rings. The van der Waals surface area contributed by atoms with Crippen molar-refractivity contribution in [3.05, 3.63) is 24.3 Å². The lowest BCUT2D eigenvalue weighted by Crippen LogP contribution is -2.40. The zero-order valence-corrected chi connectivity index (χ0v) is 12.8. The lowest BCUT2D eigenvalue weighted by atomic mass is 10.2. The summed E-state index contributed by atoms with van der Waals surface area (Å²) < 4.78 is 28.0. The van der Waals surface area contributed by atoms with E-state index in [2.05, 4.69) is 23.2 Å². The number of hydrogen-bond acceptors (Lipinski definition) is 5. The molecule has 20 heavy (non-hydrogen) atoms. The van der Waals surface area contributed by atoms with Gasteiger partial charge in [0.2, 0.25) is 0 Å². The maximum atomic E-state index is 11.5. The molecule has 0 unspecified atom stereocenters. The minimum atomic E-state index is -2.83. The van der Waals surface area contributed by atoms with Crippen LogP contribution in [-0.2, 0) is 14.6 Å². The molecule has 1 aromatic rings. The summed E-state index contributed by atoms with van der Waals surface area (Å²) in [5.41, 5.74) is 2.09. The Labute approximate surface area is 120 Å². The minimum absolute atomic E-state index is 0.233. The zero-order chi connectivity index (χ0) is 14.6. The van der Waals surface area contributed by atoms with Crippen molar-refractivity contribution in [1.29, 1.82) is 0 Å². The number of benzene rings is 1. The van der Waals surface area contributed by atoms with Gasteiger partial charge in [0.1, 0.15) is 0 Å². The normalized spacial score (nSPS) is 19.6. The lowest BCUT2D eigenvalue weighted by Gasteiger charge is -2.29. The molecule has 1 heterocycles. The van der Waals surface area contributed by atoms with Gasteiger partial charge in [-0.05, 0) is 25.1 Å². The number of anilines is 2. The number of rotatable bonds is 5. The first kappa shape index (κ1) is 15.1. The molecular formula is C14H22N2O3S. The van der Waals surface area contributed by atoms with Crippen molar-refractivity contribution in [2.24, 2.45) is 0 Å². The highest BCUT2D eigenvalue weighted by Crippen LogP contribution is 2.21. The van der Waals surface area contributed by atoms with E-state index < -0.39 is 9.84 Å². The van der Waals surface area contributed by atoms with E-state index in [1.165, 1.54) is 0 Å². The Balaban J connectivity index is 2.03. The van der Waals surface area contributed by atoms with Crippen LogP contribution >= 0.6 is 0 Å². The van der Waals surface area contributed by atoms with Gasteiger partial charge < -0.3 is 15.0 Å². The van der Waals surface area contributed by atoms with Crippen molar-refractivity contribution in [3.63, 3.8) is 0 Å². The molecule has 1 N–H and O–H groups in total. The van der Waals surface area contributed by atoms with E-state index in [0.29, 0.717) is 19.7 Å². The molecule has 1 atom stereocenters. The molecule has 5 nitrogen and oxygen atoms in total. The highest BCUT2D eigenvalue weighted by atomic mass is 32.2. The van der Waals surface area contributed by atoms with Crippen LogP contribution in [0.25, 0.3) is 0 Å². The van der Waals surface area contributed by atoms with Crippen molar-refractivity contribution < 1.29 is 13.2 Å². The van der Waals surface area contributed by atoms with Gasteiger partial charge in [-0.2, -0.15) is 0 Å². The van der Waals surface area contributed by atoms with Crippen molar-refractivity contribution >= 4 is 21.2 Å². The van der Waals surface area contributed by atoms with Crippen molar-refractivity contribution in [2.75, 3.05) is 48.5 Å². The predicted octanol–water partition coefficient (Wildman–Crippen LogP) is 1.37. The van der Waals surface area contributed by atoms with E-state index in [1.807, 2.05) is 18.2 Å². The fourth-order valence-corrected chi connectivity index (χ4v) is 3.54. The van der Waals surface area contributed by atoms with Gasteiger partial charge in [-0.3, -0.25) is 0 Å². The SMILES string of the molecule is COC[C@H](C)Nc1cccc(N2CCS(=O)(=O)CC2)c1. The summed E-state index contributed by atoms with van der Waals surface area (Å²) in [5, 5.41) is 3.37. The van der Waals surface area contributed by atoms with Crippen LogP contribution in [0.3, 0.4) is 0 Å². The summed E-state index contributed by atoms with van der Waals surface area (Å²) in [6.07, 6.45) is 0. The highest BCUT2D eigenvalue weighted by Gasteiger charge is 2.21. The van der Waals surface area contributed by atoms with E-state index in [9.17, 15) is 8.42 Å². The quantitative estimate of drug-likeness (QED) is 0.889. The molecule has 0 aliphatic carbocycles. The largest absolute Gasteiger partial charge is 0.383 e. The van der Waals surface area contributed by atoms with E-state index in [0.717, 1.165) is 11.4 Å². The molecule has 1 saturated heterocycles. The Morgan fingerprint density at radius 3 is 2.70 bits per heavy atom. The molecule has 1 aliphatic heterocycles. The van der Waals surface area contributed by atoms with Crippen LogP contribution in [0.1, 0.15) is 6.92 Å². The Hall–Kier alpha value is -1.27. The van der Waals surface area contributed by atoms with Gasteiger partial charge in [-0.25, -0.2) is 8.42 Å². The fourth-order valence-electron chi connectivity index (χ4n) is 2.34. The molecule has 0 spiro atoms. The Bertz CT molecular complexity index is 531. The third kappa shape index (κ3) is 4.11. The average Bonchev–Trinajstić information content (AvgIpc) is 2.39. The van der Waals surface area contributed by atoms with Crippen LogP contribution in [0.5, 0.6) is 0 Å². The number of sulfone groups is 1. The van der Waals surface area contributed by atoms with Crippen LogP contribution in [0.2, 0.25) is 0 Å². The second-order valence-corrected chi connectivity index (χ2v) is 7.49. The molecule has 6 heteroatoms. The van der Waals surface area contributed by atoms with Gasteiger partial charge in [0, 0.05) is 37.6 Å². The molecule has 2 rings (SSSR count). The third-order valence-corrected chi connectivity index (χ3v) is 4.99. The fraction of sp³-hybridized carbons (Fsp3) is 0.571. The first-order valence-electron chi connectivity index (χ1n) is 6.81. The topological polar surface area (TPSA) is 58.6 Å². The van der Waals surface area contributed by atoms with E-state index >= 15 is 0 Å². The summed E-state index contributed by atoms with van der Waals surface area (Å²) in [5.74, 6) is 0.482. The van der Waals surface area contributed by atoms with Crippen LogP contribution in [0.4, 0.5) is 11.4 Å². The molecule has 1 aromatic carbocycles. The van der Waals surface area contributed by atoms with Crippen LogP contribution in [-0.4, -0.2) is 52.8 Å². The smallest absolute Gasteiger partial charge is 0.153 e. The molecule has 0 aromatic heterocycles. The van der Waals surface area contributed by atoms with Gasteiger partial charge in [0.15, 0.2) is 9.84 Å². The Kier molecular flexibility index (Phi) is 4.88. The van der Waals surface area contributed by atoms with Gasteiger partial charge in [-0.15, -0.1) is 0 Å². The first-order chi connectivity index (χ1) is 9.50. The van der Waals surface area contributed by atoms with Crippen molar-refractivity contribution in [2.45, 2.75) is 13.0 Å². The Morgan fingerprint density at radius 2 is 2.05 bits per heavy atom. The zero-order valence-electron chi connectivity index (χ0n) is 12.0. The van der Waals surface area contributed by atoms with Crippen LogP contribution in [0, 0.1) is 0 Å². The van der Waals surface area contributed by atoms with Crippen molar-refractivity contribution in [3.8, 4) is 0 Å². The van der Waals surface area contributed by atoms with Gasteiger partial charge in [-0.1, -0.05) is 6.07 Å². The molecule has 112 valence electrons. The number of hydrogen-bond donors (Lipinski definition) is 1. The van der Waals surface area contributed by atoms with E-state index in [4.69, 9.17) is 4.74 Å². The second-order valence-electron chi connectivity index (χ2n) is 5.19. The summed E-state index contributed by atoms with van der Waals surface area (Å²) in [6, 6.07) is 8.31. The maximum Gasteiger partial charge on any atom is 0.153 e.